The average Bonchev–Trinajstić information content (AvgIpc) is 2.48. The lowest BCUT2D eigenvalue weighted by Crippen LogP contribution is -2.05. The van der Waals surface area contributed by atoms with Gasteiger partial charge < -0.3 is 5.11 Å². The number of aliphatic hydroxyl groups is 1. The predicted molar refractivity (Wildman–Crippen MR) is 88.1 cm³/mol. The second kappa shape index (κ2) is 6.55. The van der Waals surface area contributed by atoms with Crippen molar-refractivity contribution in [2.45, 2.75) is 39.7 Å². The van der Waals surface area contributed by atoms with Crippen LogP contribution in [0.1, 0.15) is 47.8 Å². The van der Waals surface area contributed by atoms with E-state index in [0.717, 1.165) is 28.4 Å². The summed E-state index contributed by atoms with van der Waals surface area (Å²) in [7, 11) is 0. The molecule has 0 aliphatic carbocycles. The van der Waals surface area contributed by atoms with E-state index in [2.05, 4.69) is 54.9 Å². The third-order valence-electron chi connectivity index (χ3n) is 3.81. The van der Waals surface area contributed by atoms with Gasteiger partial charge in [0.1, 0.15) is 6.10 Å². The van der Waals surface area contributed by atoms with E-state index in [1.165, 1.54) is 16.7 Å². The van der Waals surface area contributed by atoms with Crippen LogP contribution in [0.15, 0.2) is 40.9 Å². The summed E-state index contributed by atoms with van der Waals surface area (Å²) in [5.74, 6) is 0. The molecule has 1 atom stereocenters. The fourth-order valence-corrected chi connectivity index (χ4v) is 2.80. The molecule has 2 rings (SSSR count). The van der Waals surface area contributed by atoms with Gasteiger partial charge in [-0.15, -0.1) is 0 Å². The minimum atomic E-state index is -0.562. The normalized spacial score (nSPS) is 12.4. The zero-order valence-corrected chi connectivity index (χ0v) is 13.9. The lowest BCUT2D eigenvalue weighted by Gasteiger charge is -2.17. The molecule has 0 radical (unpaired) electrons. The monoisotopic (exact) mass is 332 g/mol. The maximum Gasteiger partial charge on any atom is 0.104 e. The molecular weight excluding hydrogens is 312 g/mol. The summed E-state index contributed by atoms with van der Waals surface area (Å²) in [6.07, 6.45) is 1.36. The first-order valence-electron chi connectivity index (χ1n) is 7.12. The van der Waals surface area contributed by atoms with E-state index < -0.39 is 6.10 Å². The van der Waals surface area contributed by atoms with Gasteiger partial charge >= 0.3 is 0 Å². The first-order chi connectivity index (χ1) is 9.56. The van der Waals surface area contributed by atoms with Crippen LogP contribution in [0.3, 0.4) is 0 Å². The lowest BCUT2D eigenvalue weighted by molar-refractivity contribution is 0.219. The summed E-state index contributed by atoms with van der Waals surface area (Å²) in [6, 6.07) is 12.5. The summed E-state index contributed by atoms with van der Waals surface area (Å²) in [5, 5.41) is 10.7. The first-order valence-corrected chi connectivity index (χ1v) is 7.91. The summed E-state index contributed by atoms with van der Waals surface area (Å²) < 4.78 is 1.04. The fraction of sp³-hybridized carbons (Fsp3) is 0.333. The number of hydrogen-bond acceptors (Lipinski definition) is 1. The largest absolute Gasteiger partial charge is 0.384 e. The molecule has 2 aromatic carbocycles. The number of hydrogen-bond donors (Lipinski definition) is 1. The highest BCUT2D eigenvalue weighted by Crippen LogP contribution is 2.29. The van der Waals surface area contributed by atoms with E-state index in [-0.39, 0.29) is 0 Å². The predicted octanol–water partition coefficient (Wildman–Crippen LogP) is 4.96. The second-order valence-corrected chi connectivity index (χ2v) is 6.01. The van der Waals surface area contributed by atoms with E-state index in [0.29, 0.717) is 0 Å². The Morgan fingerprint density at radius 3 is 2.40 bits per heavy atom. The van der Waals surface area contributed by atoms with E-state index in [9.17, 15) is 5.11 Å². The first kappa shape index (κ1) is 15.3. The number of aliphatic hydroxyl groups excluding tert-OH is 1. The fourth-order valence-electron chi connectivity index (χ4n) is 2.40. The van der Waals surface area contributed by atoms with E-state index in [1.807, 2.05) is 18.2 Å². The molecule has 0 spiro atoms. The molecule has 0 amide bonds. The van der Waals surface area contributed by atoms with E-state index in [4.69, 9.17) is 0 Å². The van der Waals surface area contributed by atoms with Crippen LogP contribution in [0.25, 0.3) is 0 Å². The molecule has 1 nitrogen and oxygen atoms in total. The zero-order chi connectivity index (χ0) is 14.7. The average molecular weight is 333 g/mol. The molecule has 0 saturated carbocycles. The molecule has 0 aliphatic heterocycles. The van der Waals surface area contributed by atoms with Crippen LogP contribution in [-0.2, 0) is 12.8 Å². The highest BCUT2D eigenvalue weighted by Gasteiger charge is 2.15. The molecule has 0 heterocycles. The number of benzene rings is 2. The molecular formula is C18H21BrO. The van der Waals surface area contributed by atoms with Crippen molar-refractivity contribution in [1.82, 2.24) is 0 Å². The highest BCUT2D eigenvalue weighted by molar-refractivity contribution is 9.10. The summed E-state index contributed by atoms with van der Waals surface area (Å²) >= 11 is 3.54. The van der Waals surface area contributed by atoms with E-state index >= 15 is 0 Å². The third kappa shape index (κ3) is 3.13. The SMILES string of the molecule is CCc1ccc(CC)c(C(O)c2ccc(C)c(Br)c2)c1. The van der Waals surface area contributed by atoms with Crippen LogP contribution in [0.2, 0.25) is 0 Å². The highest BCUT2D eigenvalue weighted by atomic mass is 79.9. The van der Waals surface area contributed by atoms with Crippen molar-refractivity contribution < 1.29 is 5.11 Å². The lowest BCUT2D eigenvalue weighted by atomic mass is 9.93. The van der Waals surface area contributed by atoms with Gasteiger partial charge in [0.05, 0.1) is 0 Å². The van der Waals surface area contributed by atoms with Crippen LogP contribution < -0.4 is 0 Å². The minimum Gasteiger partial charge on any atom is -0.384 e. The zero-order valence-electron chi connectivity index (χ0n) is 12.3. The maximum absolute atomic E-state index is 10.7. The smallest absolute Gasteiger partial charge is 0.104 e. The number of aryl methyl sites for hydroxylation is 3. The van der Waals surface area contributed by atoms with Crippen molar-refractivity contribution >= 4 is 15.9 Å². The van der Waals surface area contributed by atoms with Crippen LogP contribution in [0.5, 0.6) is 0 Å². The molecule has 0 aromatic heterocycles. The van der Waals surface area contributed by atoms with Crippen LogP contribution in [0, 0.1) is 6.92 Å². The van der Waals surface area contributed by atoms with E-state index in [1.54, 1.807) is 0 Å². The summed E-state index contributed by atoms with van der Waals surface area (Å²) in [4.78, 5) is 0. The number of rotatable bonds is 4. The van der Waals surface area contributed by atoms with Gasteiger partial charge in [0.25, 0.3) is 0 Å². The molecule has 2 heteroatoms. The van der Waals surface area contributed by atoms with Crippen molar-refractivity contribution in [2.24, 2.45) is 0 Å². The van der Waals surface area contributed by atoms with Gasteiger partial charge in [0.2, 0.25) is 0 Å². The molecule has 0 fully saturated rings. The van der Waals surface area contributed by atoms with Crippen molar-refractivity contribution in [3.8, 4) is 0 Å². The van der Waals surface area contributed by atoms with Crippen molar-refractivity contribution in [3.05, 3.63) is 68.7 Å². The second-order valence-electron chi connectivity index (χ2n) is 5.15. The third-order valence-corrected chi connectivity index (χ3v) is 4.66. The Morgan fingerprint density at radius 2 is 1.80 bits per heavy atom. The van der Waals surface area contributed by atoms with Gasteiger partial charge in [-0.25, -0.2) is 0 Å². The van der Waals surface area contributed by atoms with Gasteiger partial charge in [-0.05, 0) is 53.6 Å². The van der Waals surface area contributed by atoms with Gasteiger partial charge in [-0.3, -0.25) is 0 Å². The molecule has 106 valence electrons. The Morgan fingerprint density at radius 1 is 1.05 bits per heavy atom. The van der Waals surface area contributed by atoms with Gasteiger partial charge in [0, 0.05) is 4.47 Å². The van der Waals surface area contributed by atoms with Crippen LogP contribution >= 0.6 is 15.9 Å². The van der Waals surface area contributed by atoms with Gasteiger partial charge in [-0.1, -0.05) is 60.1 Å². The van der Waals surface area contributed by atoms with Crippen LogP contribution in [0.4, 0.5) is 0 Å². The Labute approximate surface area is 129 Å². The van der Waals surface area contributed by atoms with Gasteiger partial charge in [0.15, 0.2) is 0 Å². The van der Waals surface area contributed by atoms with Gasteiger partial charge in [-0.2, -0.15) is 0 Å². The molecule has 0 aliphatic rings. The van der Waals surface area contributed by atoms with Crippen molar-refractivity contribution in [2.75, 3.05) is 0 Å². The Kier molecular flexibility index (Phi) is 5.00. The standard InChI is InChI=1S/C18H21BrO/c1-4-13-7-9-14(5-2)16(10-13)18(20)15-8-6-12(3)17(19)11-15/h6-11,18,20H,4-5H2,1-3H3. The molecule has 20 heavy (non-hydrogen) atoms. The molecule has 1 N–H and O–H groups in total. The summed E-state index contributed by atoms with van der Waals surface area (Å²) in [6.45, 7) is 6.32. The van der Waals surface area contributed by atoms with Crippen molar-refractivity contribution in [3.63, 3.8) is 0 Å². The van der Waals surface area contributed by atoms with Crippen molar-refractivity contribution in [1.29, 1.82) is 0 Å². The number of halogens is 1. The quantitative estimate of drug-likeness (QED) is 0.838. The maximum atomic E-state index is 10.7. The van der Waals surface area contributed by atoms with Crippen LogP contribution in [-0.4, -0.2) is 5.11 Å². The Bertz CT molecular complexity index is 604. The molecule has 0 saturated heterocycles. The molecule has 0 bridgehead atoms. The minimum absolute atomic E-state index is 0.562. The topological polar surface area (TPSA) is 20.2 Å². The Balaban J connectivity index is 2.45. The molecule has 2 aromatic rings. The summed E-state index contributed by atoms with van der Waals surface area (Å²) in [5.41, 5.74) is 5.63. The Hall–Kier alpha value is -1.12. The molecule has 1 unspecified atom stereocenters.